The number of nitrogens with zero attached hydrogens (tertiary/aromatic N) is 1. The molecule has 0 unspecified atom stereocenters. The molecule has 0 bridgehead atoms. The first-order valence-electron chi connectivity index (χ1n) is 10.1. The number of hydrogen-bond acceptors (Lipinski definition) is 3. The van der Waals surface area contributed by atoms with E-state index >= 15 is 0 Å². The van der Waals surface area contributed by atoms with Gasteiger partial charge in [-0.3, -0.25) is 4.79 Å². The number of carbonyl (C=O) groups excluding carboxylic acids is 1. The normalized spacial score (nSPS) is 11.7. The molecule has 0 aliphatic rings. The molecule has 0 spiro atoms. The van der Waals surface area contributed by atoms with Gasteiger partial charge in [-0.15, -0.1) is 0 Å². The summed E-state index contributed by atoms with van der Waals surface area (Å²) in [5, 5.41) is 3.33. The highest BCUT2D eigenvalue weighted by Crippen LogP contribution is 2.30. The van der Waals surface area contributed by atoms with E-state index in [9.17, 15) is 4.79 Å². The summed E-state index contributed by atoms with van der Waals surface area (Å²) in [6.45, 7) is 12.2. The lowest BCUT2D eigenvalue weighted by atomic mass is 10.0. The molecule has 0 aliphatic carbocycles. The van der Waals surface area contributed by atoms with E-state index in [2.05, 4.69) is 10.2 Å². The van der Waals surface area contributed by atoms with E-state index in [1.807, 2.05) is 92.7 Å². The van der Waals surface area contributed by atoms with Gasteiger partial charge in [0.25, 0.3) is 0 Å². The molecule has 0 aromatic heterocycles. The quantitative estimate of drug-likeness (QED) is 0.387. The van der Waals surface area contributed by atoms with Crippen molar-refractivity contribution in [3.05, 3.63) is 101 Å². The standard InChI is InChI=1S/C26H26N2O2/c1-19(2)25(26(29)30-18-21-9-5-4-6-10-21)28-17-20-13-15-22(16-14-20)23-11-7-8-12-24(23)27-3/h4-16,19,25,28H,17-18H2,1-2H3/t25-/m0/s1. The van der Waals surface area contributed by atoms with Crippen LogP contribution in [0.3, 0.4) is 0 Å². The van der Waals surface area contributed by atoms with E-state index in [0.29, 0.717) is 12.2 Å². The Labute approximate surface area is 178 Å². The molecule has 3 aromatic carbocycles. The molecule has 30 heavy (non-hydrogen) atoms. The SMILES string of the molecule is [C-]#[N+]c1ccccc1-c1ccc(CN[C@H](C(=O)OCc2ccccc2)C(C)C)cc1. The summed E-state index contributed by atoms with van der Waals surface area (Å²) in [4.78, 5) is 16.2. The van der Waals surface area contributed by atoms with E-state index in [1.165, 1.54) is 0 Å². The van der Waals surface area contributed by atoms with Gasteiger partial charge >= 0.3 is 5.97 Å². The van der Waals surface area contributed by atoms with Crippen LogP contribution in [0.15, 0.2) is 78.9 Å². The second-order valence-corrected chi connectivity index (χ2v) is 7.52. The van der Waals surface area contributed by atoms with Gasteiger partial charge < -0.3 is 10.1 Å². The van der Waals surface area contributed by atoms with Gasteiger partial charge in [-0.05, 0) is 28.2 Å². The number of para-hydroxylation sites is 1. The first-order chi connectivity index (χ1) is 14.6. The monoisotopic (exact) mass is 398 g/mol. The third-order valence-corrected chi connectivity index (χ3v) is 4.96. The van der Waals surface area contributed by atoms with Gasteiger partial charge in [0.15, 0.2) is 5.69 Å². The summed E-state index contributed by atoms with van der Waals surface area (Å²) in [6.07, 6.45) is 0. The summed E-state index contributed by atoms with van der Waals surface area (Å²) in [7, 11) is 0. The molecule has 0 radical (unpaired) electrons. The highest BCUT2D eigenvalue weighted by atomic mass is 16.5. The van der Waals surface area contributed by atoms with Crippen molar-refractivity contribution in [3.8, 4) is 11.1 Å². The van der Waals surface area contributed by atoms with Crippen molar-refractivity contribution in [2.24, 2.45) is 5.92 Å². The van der Waals surface area contributed by atoms with Crippen molar-refractivity contribution in [1.82, 2.24) is 5.32 Å². The van der Waals surface area contributed by atoms with Crippen LogP contribution in [0.25, 0.3) is 16.0 Å². The molecule has 1 atom stereocenters. The number of benzene rings is 3. The van der Waals surface area contributed by atoms with Gasteiger partial charge in [-0.1, -0.05) is 92.7 Å². The van der Waals surface area contributed by atoms with E-state index in [4.69, 9.17) is 11.3 Å². The minimum atomic E-state index is -0.378. The van der Waals surface area contributed by atoms with Gasteiger partial charge in [0.1, 0.15) is 12.6 Å². The topological polar surface area (TPSA) is 42.7 Å². The highest BCUT2D eigenvalue weighted by molar-refractivity contribution is 5.78. The van der Waals surface area contributed by atoms with Crippen LogP contribution >= 0.6 is 0 Å². The first kappa shape index (κ1) is 21.3. The third kappa shape index (κ3) is 5.56. The van der Waals surface area contributed by atoms with Crippen molar-refractivity contribution in [1.29, 1.82) is 0 Å². The average molecular weight is 399 g/mol. The predicted octanol–water partition coefficient (Wildman–Crippen LogP) is 5.76. The smallest absolute Gasteiger partial charge is 0.323 e. The van der Waals surface area contributed by atoms with Crippen LogP contribution in [0.2, 0.25) is 0 Å². The maximum absolute atomic E-state index is 12.6. The summed E-state index contributed by atoms with van der Waals surface area (Å²) in [5.41, 5.74) is 4.62. The molecule has 0 saturated carbocycles. The van der Waals surface area contributed by atoms with Crippen molar-refractivity contribution < 1.29 is 9.53 Å². The number of ether oxygens (including phenoxy) is 1. The number of carbonyl (C=O) groups is 1. The van der Waals surface area contributed by atoms with Gasteiger partial charge in [0.2, 0.25) is 0 Å². The van der Waals surface area contributed by atoms with Gasteiger partial charge in [-0.25, -0.2) is 4.85 Å². The Kier molecular flexibility index (Phi) is 7.37. The van der Waals surface area contributed by atoms with E-state index in [1.54, 1.807) is 0 Å². The second-order valence-electron chi connectivity index (χ2n) is 7.52. The zero-order valence-corrected chi connectivity index (χ0v) is 17.3. The molecular formula is C26H26N2O2. The van der Waals surface area contributed by atoms with Crippen LogP contribution in [0.1, 0.15) is 25.0 Å². The van der Waals surface area contributed by atoms with E-state index in [0.717, 1.165) is 22.3 Å². The Morgan fingerprint density at radius 3 is 2.27 bits per heavy atom. The molecule has 0 saturated heterocycles. The summed E-state index contributed by atoms with van der Waals surface area (Å²) in [5.74, 6) is -0.130. The van der Waals surface area contributed by atoms with Crippen molar-refractivity contribution in [3.63, 3.8) is 0 Å². The largest absolute Gasteiger partial charge is 0.460 e. The van der Waals surface area contributed by atoms with E-state index in [-0.39, 0.29) is 24.5 Å². The molecule has 0 heterocycles. The molecule has 152 valence electrons. The summed E-state index contributed by atoms with van der Waals surface area (Å²) < 4.78 is 5.51. The maximum Gasteiger partial charge on any atom is 0.323 e. The fraction of sp³-hybridized carbons (Fsp3) is 0.231. The van der Waals surface area contributed by atoms with Gasteiger partial charge in [0, 0.05) is 6.54 Å². The first-order valence-corrected chi connectivity index (χ1v) is 10.1. The maximum atomic E-state index is 12.6. The van der Waals surface area contributed by atoms with Crippen LogP contribution in [0, 0.1) is 12.5 Å². The average Bonchev–Trinajstić information content (AvgIpc) is 2.78. The Morgan fingerprint density at radius 2 is 1.60 bits per heavy atom. The number of esters is 1. The predicted molar refractivity (Wildman–Crippen MR) is 120 cm³/mol. The Morgan fingerprint density at radius 1 is 0.933 bits per heavy atom. The highest BCUT2D eigenvalue weighted by Gasteiger charge is 2.23. The van der Waals surface area contributed by atoms with Crippen molar-refractivity contribution >= 4 is 11.7 Å². The fourth-order valence-electron chi connectivity index (χ4n) is 3.25. The summed E-state index contributed by atoms with van der Waals surface area (Å²) in [6, 6.07) is 25.0. The molecule has 3 rings (SSSR count). The molecule has 0 fully saturated rings. The zero-order valence-electron chi connectivity index (χ0n) is 17.3. The van der Waals surface area contributed by atoms with Crippen LogP contribution in [-0.2, 0) is 22.7 Å². The molecule has 0 aliphatic heterocycles. The molecule has 4 nitrogen and oxygen atoms in total. The minimum Gasteiger partial charge on any atom is -0.460 e. The molecule has 1 N–H and O–H groups in total. The lowest BCUT2D eigenvalue weighted by molar-refractivity contribution is -0.148. The van der Waals surface area contributed by atoms with Crippen molar-refractivity contribution in [2.75, 3.05) is 0 Å². The van der Waals surface area contributed by atoms with E-state index < -0.39 is 0 Å². The Balaban J connectivity index is 1.60. The summed E-state index contributed by atoms with van der Waals surface area (Å²) >= 11 is 0. The van der Waals surface area contributed by atoms with Crippen LogP contribution < -0.4 is 5.32 Å². The van der Waals surface area contributed by atoms with Crippen LogP contribution in [-0.4, -0.2) is 12.0 Å². The number of nitrogens with one attached hydrogen (secondary N) is 1. The molecule has 0 amide bonds. The Hall–Kier alpha value is -3.42. The van der Waals surface area contributed by atoms with Gasteiger partial charge in [0.05, 0.1) is 6.57 Å². The Bertz CT molecular complexity index is 1010. The van der Waals surface area contributed by atoms with Crippen molar-refractivity contribution in [2.45, 2.75) is 33.0 Å². The van der Waals surface area contributed by atoms with Crippen LogP contribution in [0.4, 0.5) is 5.69 Å². The zero-order chi connectivity index (χ0) is 21.3. The number of hydrogen-bond donors (Lipinski definition) is 1. The minimum absolute atomic E-state index is 0.109. The lowest BCUT2D eigenvalue weighted by Crippen LogP contribution is -2.41. The third-order valence-electron chi connectivity index (χ3n) is 4.96. The van der Waals surface area contributed by atoms with Crippen LogP contribution in [0.5, 0.6) is 0 Å². The van der Waals surface area contributed by atoms with Gasteiger partial charge in [-0.2, -0.15) is 0 Å². The molecule has 3 aromatic rings. The number of rotatable bonds is 8. The molecular weight excluding hydrogens is 372 g/mol. The second kappa shape index (κ2) is 10.4. The lowest BCUT2D eigenvalue weighted by Gasteiger charge is -2.21. The molecule has 4 heteroatoms. The fourth-order valence-corrected chi connectivity index (χ4v) is 3.25.